The largest absolute Gasteiger partial charge is 0.328 e. The number of nitrogens with zero attached hydrogens (tertiary/aromatic N) is 3. The van der Waals surface area contributed by atoms with Gasteiger partial charge in [-0.3, -0.25) is 4.57 Å². The molecule has 2 atom stereocenters. The number of H-pyrrole nitrogens is 1. The van der Waals surface area contributed by atoms with Gasteiger partial charge < -0.3 is 4.98 Å². The van der Waals surface area contributed by atoms with Crippen molar-refractivity contribution >= 4 is 23.4 Å². The van der Waals surface area contributed by atoms with Gasteiger partial charge in [0.2, 0.25) is 0 Å². The first-order chi connectivity index (χ1) is 8.63. The summed E-state index contributed by atoms with van der Waals surface area (Å²) in [4.78, 5) is 3.34. The van der Waals surface area contributed by atoms with Gasteiger partial charge in [-0.05, 0) is 44.8 Å². The van der Waals surface area contributed by atoms with Gasteiger partial charge in [0, 0.05) is 12.6 Å². The van der Waals surface area contributed by atoms with Crippen LogP contribution in [-0.2, 0) is 6.54 Å². The maximum absolute atomic E-state index is 5.53. The highest BCUT2D eigenvalue weighted by Gasteiger charge is 2.28. The van der Waals surface area contributed by atoms with E-state index in [0.29, 0.717) is 12.0 Å². The standard InChI is InChI=1S/C13H20N4S/c1-4-16-12-11(9(3)15-16)14-13(18)17(12)10-7-5-6-8(10)2/h8,10H,4-7H2,1-3H3,(H,14,18). The van der Waals surface area contributed by atoms with Crippen molar-refractivity contribution in [2.75, 3.05) is 0 Å². The highest BCUT2D eigenvalue weighted by molar-refractivity contribution is 7.71. The Morgan fingerprint density at radius 1 is 1.44 bits per heavy atom. The van der Waals surface area contributed by atoms with Crippen LogP contribution in [0.5, 0.6) is 0 Å². The maximum Gasteiger partial charge on any atom is 0.179 e. The predicted octanol–water partition coefficient (Wildman–Crippen LogP) is 3.58. The molecule has 0 amide bonds. The van der Waals surface area contributed by atoms with Crippen LogP contribution < -0.4 is 0 Å². The van der Waals surface area contributed by atoms with Gasteiger partial charge in [-0.15, -0.1) is 0 Å². The summed E-state index contributed by atoms with van der Waals surface area (Å²) in [5, 5.41) is 4.58. The fraction of sp³-hybridized carbons (Fsp3) is 0.692. The van der Waals surface area contributed by atoms with Crippen LogP contribution in [-0.4, -0.2) is 19.3 Å². The Labute approximate surface area is 112 Å². The second-order valence-electron chi connectivity index (χ2n) is 5.38. The van der Waals surface area contributed by atoms with Crippen molar-refractivity contribution in [3.05, 3.63) is 10.5 Å². The smallest absolute Gasteiger partial charge is 0.179 e. The minimum Gasteiger partial charge on any atom is -0.328 e. The van der Waals surface area contributed by atoms with E-state index in [9.17, 15) is 0 Å². The van der Waals surface area contributed by atoms with E-state index >= 15 is 0 Å². The lowest BCUT2D eigenvalue weighted by Crippen LogP contribution is -2.14. The number of aryl methyl sites for hydroxylation is 2. The van der Waals surface area contributed by atoms with E-state index in [0.717, 1.165) is 22.5 Å². The summed E-state index contributed by atoms with van der Waals surface area (Å²) < 4.78 is 5.24. The number of aromatic nitrogens is 4. The average Bonchev–Trinajstić information content (AvgIpc) is 2.96. The Balaban J connectivity index is 2.27. The number of imidazole rings is 1. The molecule has 0 aromatic carbocycles. The molecule has 5 heteroatoms. The van der Waals surface area contributed by atoms with E-state index in [1.54, 1.807) is 0 Å². The molecule has 18 heavy (non-hydrogen) atoms. The van der Waals surface area contributed by atoms with Crippen LogP contribution in [0.2, 0.25) is 0 Å². The van der Waals surface area contributed by atoms with Gasteiger partial charge in [0.1, 0.15) is 5.52 Å². The molecular formula is C13H20N4S. The molecule has 4 nitrogen and oxygen atoms in total. The first-order valence-electron chi connectivity index (χ1n) is 6.81. The summed E-state index contributed by atoms with van der Waals surface area (Å²) in [5.41, 5.74) is 3.34. The van der Waals surface area contributed by atoms with Gasteiger partial charge in [0.05, 0.1) is 5.69 Å². The number of aromatic amines is 1. The van der Waals surface area contributed by atoms with Gasteiger partial charge in [0.15, 0.2) is 10.4 Å². The predicted molar refractivity (Wildman–Crippen MR) is 75.4 cm³/mol. The Bertz CT molecular complexity index is 633. The third kappa shape index (κ3) is 1.56. The molecule has 1 fully saturated rings. The number of fused-ring (bicyclic) bond motifs is 1. The molecule has 0 spiro atoms. The summed E-state index contributed by atoms with van der Waals surface area (Å²) in [5.74, 6) is 0.705. The van der Waals surface area contributed by atoms with Crippen molar-refractivity contribution in [3.63, 3.8) is 0 Å². The van der Waals surface area contributed by atoms with Crippen molar-refractivity contribution in [2.24, 2.45) is 5.92 Å². The van der Waals surface area contributed by atoms with Crippen molar-refractivity contribution in [1.82, 2.24) is 19.3 Å². The first kappa shape index (κ1) is 12.0. The van der Waals surface area contributed by atoms with Crippen LogP contribution in [0.3, 0.4) is 0 Å². The van der Waals surface area contributed by atoms with Crippen molar-refractivity contribution in [1.29, 1.82) is 0 Å². The van der Waals surface area contributed by atoms with Crippen LogP contribution in [0.1, 0.15) is 44.8 Å². The Hall–Kier alpha value is -1.10. The van der Waals surface area contributed by atoms with Crippen LogP contribution >= 0.6 is 12.2 Å². The molecule has 2 aromatic rings. The molecule has 0 saturated heterocycles. The Morgan fingerprint density at radius 3 is 2.83 bits per heavy atom. The number of nitrogens with one attached hydrogen (secondary N) is 1. The van der Waals surface area contributed by atoms with E-state index in [-0.39, 0.29) is 0 Å². The SMILES string of the molecule is CCn1nc(C)c2[nH]c(=S)n(C3CCCC3C)c21. The summed E-state index contributed by atoms with van der Waals surface area (Å²) in [7, 11) is 0. The summed E-state index contributed by atoms with van der Waals surface area (Å²) >= 11 is 5.53. The van der Waals surface area contributed by atoms with Crippen molar-refractivity contribution in [2.45, 2.75) is 52.6 Å². The molecule has 2 heterocycles. The molecule has 1 aliphatic carbocycles. The second-order valence-corrected chi connectivity index (χ2v) is 5.76. The van der Waals surface area contributed by atoms with Gasteiger partial charge in [-0.2, -0.15) is 5.10 Å². The quantitative estimate of drug-likeness (QED) is 0.842. The maximum atomic E-state index is 5.53. The van der Waals surface area contributed by atoms with E-state index in [1.165, 1.54) is 24.9 Å². The second kappa shape index (κ2) is 4.23. The van der Waals surface area contributed by atoms with Gasteiger partial charge in [-0.25, -0.2) is 4.68 Å². The van der Waals surface area contributed by atoms with Crippen LogP contribution in [0.15, 0.2) is 0 Å². The summed E-state index contributed by atoms with van der Waals surface area (Å²) in [6.07, 6.45) is 3.84. The zero-order valence-corrected chi connectivity index (χ0v) is 12.0. The molecule has 1 saturated carbocycles. The van der Waals surface area contributed by atoms with Crippen LogP contribution in [0.25, 0.3) is 11.2 Å². The van der Waals surface area contributed by atoms with Gasteiger partial charge in [-0.1, -0.05) is 13.3 Å². The molecule has 1 aliphatic rings. The molecule has 2 aromatic heterocycles. The molecule has 0 aliphatic heterocycles. The molecule has 98 valence electrons. The number of hydrogen-bond acceptors (Lipinski definition) is 2. The number of rotatable bonds is 2. The molecule has 2 unspecified atom stereocenters. The minimum atomic E-state index is 0.535. The first-order valence-corrected chi connectivity index (χ1v) is 7.22. The lowest BCUT2D eigenvalue weighted by Gasteiger charge is -2.18. The molecule has 1 N–H and O–H groups in total. The van der Waals surface area contributed by atoms with Crippen LogP contribution in [0.4, 0.5) is 0 Å². The third-order valence-electron chi connectivity index (χ3n) is 4.23. The normalized spacial score (nSPS) is 24.2. The van der Waals surface area contributed by atoms with Gasteiger partial charge in [0.25, 0.3) is 0 Å². The van der Waals surface area contributed by atoms with Gasteiger partial charge >= 0.3 is 0 Å². The number of hydrogen-bond donors (Lipinski definition) is 1. The van der Waals surface area contributed by atoms with Crippen molar-refractivity contribution < 1.29 is 0 Å². The lowest BCUT2D eigenvalue weighted by molar-refractivity contribution is 0.406. The van der Waals surface area contributed by atoms with E-state index in [2.05, 4.69) is 33.2 Å². The molecule has 0 radical (unpaired) electrons. The minimum absolute atomic E-state index is 0.535. The topological polar surface area (TPSA) is 38.5 Å². The summed E-state index contributed by atoms with van der Waals surface area (Å²) in [6.45, 7) is 7.39. The van der Waals surface area contributed by atoms with Crippen LogP contribution in [0, 0.1) is 17.6 Å². The average molecular weight is 264 g/mol. The Kier molecular flexibility index (Phi) is 2.81. The fourth-order valence-electron chi connectivity index (χ4n) is 3.26. The fourth-order valence-corrected chi connectivity index (χ4v) is 3.59. The van der Waals surface area contributed by atoms with E-state index < -0.39 is 0 Å². The lowest BCUT2D eigenvalue weighted by atomic mass is 10.1. The molecule has 3 rings (SSSR count). The zero-order chi connectivity index (χ0) is 12.9. The Morgan fingerprint density at radius 2 is 2.22 bits per heavy atom. The monoisotopic (exact) mass is 264 g/mol. The highest BCUT2D eigenvalue weighted by atomic mass is 32.1. The van der Waals surface area contributed by atoms with Crippen molar-refractivity contribution in [3.8, 4) is 0 Å². The van der Waals surface area contributed by atoms with E-state index in [1.807, 2.05) is 6.92 Å². The third-order valence-corrected chi connectivity index (χ3v) is 4.53. The highest BCUT2D eigenvalue weighted by Crippen LogP contribution is 2.37. The zero-order valence-electron chi connectivity index (χ0n) is 11.2. The molecular weight excluding hydrogens is 244 g/mol. The summed E-state index contributed by atoms with van der Waals surface area (Å²) in [6, 6.07) is 0.535. The van der Waals surface area contributed by atoms with E-state index in [4.69, 9.17) is 12.2 Å². The molecule has 0 bridgehead atoms.